The second-order valence-corrected chi connectivity index (χ2v) is 6.54. The van der Waals surface area contributed by atoms with Gasteiger partial charge in [-0.05, 0) is 42.3 Å². The number of rotatable bonds is 5. The standard InChI is InChI=1S/C20H20FN3O3/c1-12(2)11-27-20(26)23-14-6-3-5-13(9-14)22-19(25)18-10-15-16(21)7-4-8-17(15)24-18/h3-10,12,24H,11H2,1-2H3,(H,22,25)(H,23,26). The van der Waals surface area contributed by atoms with Gasteiger partial charge in [-0.1, -0.05) is 26.0 Å². The minimum atomic E-state index is -0.557. The Bertz CT molecular complexity index is 982. The molecule has 2 amide bonds. The second-order valence-electron chi connectivity index (χ2n) is 6.54. The maximum Gasteiger partial charge on any atom is 0.411 e. The summed E-state index contributed by atoms with van der Waals surface area (Å²) in [6.07, 6.45) is -0.557. The van der Waals surface area contributed by atoms with Gasteiger partial charge in [0.2, 0.25) is 0 Å². The Morgan fingerprint density at radius 3 is 2.48 bits per heavy atom. The highest BCUT2D eigenvalue weighted by Gasteiger charge is 2.12. The molecule has 0 saturated heterocycles. The molecule has 0 radical (unpaired) electrons. The van der Waals surface area contributed by atoms with Crippen molar-refractivity contribution in [1.29, 1.82) is 0 Å². The predicted molar refractivity (Wildman–Crippen MR) is 102 cm³/mol. The zero-order valence-corrected chi connectivity index (χ0v) is 15.0. The van der Waals surface area contributed by atoms with Crippen LogP contribution in [0.5, 0.6) is 0 Å². The summed E-state index contributed by atoms with van der Waals surface area (Å²) in [7, 11) is 0. The number of halogens is 1. The molecule has 140 valence electrons. The van der Waals surface area contributed by atoms with E-state index in [1.165, 1.54) is 12.1 Å². The SMILES string of the molecule is CC(C)COC(=O)Nc1cccc(NC(=O)c2cc3c(F)cccc3[nH]2)c1. The van der Waals surface area contributed by atoms with Gasteiger partial charge in [-0.15, -0.1) is 0 Å². The Hall–Kier alpha value is -3.35. The second kappa shape index (κ2) is 7.90. The van der Waals surface area contributed by atoms with Crippen molar-refractivity contribution in [3.05, 3.63) is 60.0 Å². The molecule has 3 aromatic rings. The minimum Gasteiger partial charge on any atom is -0.449 e. The first-order valence-electron chi connectivity index (χ1n) is 8.55. The number of nitrogens with one attached hydrogen (secondary N) is 3. The van der Waals surface area contributed by atoms with Gasteiger partial charge in [0.05, 0.1) is 6.61 Å². The van der Waals surface area contributed by atoms with E-state index < -0.39 is 17.8 Å². The van der Waals surface area contributed by atoms with Gasteiger partial charge in [0.1, 0.15) is 11.5 Å². The predicted octanol–water partition coefficient (Wildman–Crippen LogP) is 4.76. The van der Waals surface area contributed by atoms with Crippen molar-refractivity contribution >= 4 is 34.3 Å². The molecular weight excluding hydrogens is 349 g/mol. The lowest BCUT2D eigenvalue weighted by atomic mass is 10.2. The van der Waals surface area contributed by atoms with E-state index in [9.17, 15) is 14.0 Å². The highest BCUT2D eigenvalue weighted by atomic mass is 19.1. The number of benzene rings is 2. The maximum atomic E-state index is 13.8. The van der Waals surface area contributed by atoms with Gasteiger partial charge in [0, 0.05) is 22.3 Å². The van der Waals surface area contributed by atoms with Crippen LogP contribution in [0.15, 0.2) is 48.5 Å². The number of aromatic nitrogens is 1. The van der Waals surface area contributed by atoms with Crippen molar-refractivity contribution in [3.8, 4) is 0 Å². The number of carbonyl (C=O) groups is 2. The molecule has 3 N–H and O–H groups in total. The lowest BCUT2D eigenvalue weighted by molar-refractivity contribution is 0.102. The summed E-state index contributed by atoms with van der Waals surface area (Å²) >= 11 is 0. The van der Waals surface area contributed by atoms with Crippen LogP contribution in [0.3, 0.4) is 0 Å². The van der Waals surface area contributed by atoms with E-state index in [0.717, 1.165) is 0 Å². The first-order valence-corrected chi connectivity index (χ1v) is 8.55. The molecule has 0 fully saturated rings. The summed E-state index contributed by atoms with van der Waals surface area (Å²) < 4.78 is 18.8. The third kappa shape index (κ3) is 4.63. The summed E-state index contributed by atoms with van der Waals surface area (Å²) in [5.41, 5.74) is 1.76. The summed E-state index contributed by atoms with van der Waals surface area (Å²) in [5, 5.41) is 5.68. The van der Waals surface area contributed by atoms with Crippen LogP contribution in [0.25, 0.3) is 10.9 Å². The van der Waals surface area contributed by atoms with E-state index in [1.807, 2.05) is 13.8 Å². The molecule has 6 nitrogen and oxygen atoms in total. The first-order chi connectivity index (χ1) is 12.9. The molecular formula is C20H20FN3O3. The Morgan fingerprint density at radius 2 is 1.78 bits per heavy atom. The number of fused-ring (bicyclic) bond motifs is 1. The summed E-state index contributed by atoms with van der Waals surface area (Å²) in [4.78, 5) is 27.1. The van der Waals surface area contributed by atoms with Crippen molar-refractivity contribution in [1.82, 2.24) is 4.98 Å². The third-order valence-corrected chi connectivity index (χ3v) is 3.77. The van der Waals surface area contributed by atoms with Crippen LogP contribution in [-0.4, -0.2) is 23.6 Å². The number of ether oxygens (including phenoxy) is 1. The van der Waals surface area contributed by atoms with Crippen LogP contribution in [0.4, 0.5) is 20.6 Å². The average molecular weight is 369 g/mol. The van der Waals surface area contributed by atoms with Crippen LogP contribution < -0.4 is 10.6 Å². The van der Waals surface area contributed by atoms with Gasteiger partial charge < -0.3 is 15.0 Å². The van der Waals surface area contributed by atoms with E-state index in [2.05, 4.69) is 15.6 Å². The van der Waals surface area contributed by atoms with Gasteiger partial charge >= 0.3 is 6.09 Å². The van der Waals surface area contributed by atoms with E-state index in [4.69, 9.17) is 4.74 Å². The largest absolute Gasteiger partial charge is 0.449 e. The summed E-state index contributed by atoms with van der Waals surface area (Å²) in [6.45, 7) is 4.21. The van der Waals surface area contributed by atoms with Gasteiger partial charge in [-0.25, -0.2) is 9.18 Å². The number of hydrogen-bond donors (Lipinski definition) is 3. The van der Waals surface area contributed by atoms with Crippen LogP contribution in [0.1, 0.15) is 24.3 Å². The molecule has 0 aliphatic heterocycles. The molecule has 3 rings (SSSR count). The van der Waals surface area contributed by atoms with E-state index in [0.29, 0.717) is 28.9 Å². The third-order valence-electron chi connectivity index (χ3n) is 3.77. The molecule has 1 aromatic heterocycles. The Kier molecular flexibility index (Phi) is 5.40. The first kappa shape index (κ1) is 18.4. The van der Waals surface area contributed by atoms with Gasteiger partial charge in [-0.3, -0.25) is 10.1 Å². The molecule has 0 atom stereocenters. The van der Waals surface area contributed by atoms with Gasteiger partial charge in [-0.2, -0.15) is 0 Å². The van der Waals surface area contributed by atoms with Crippen molar-refractivity contribution in [3.63, 3.8) is 0 Å². The minimum absolute atomic E-state index is 0.238. The summed E-state index contributed by atoms with van der Waals surface area (Å²) in [5.74, 6) is -0.568. The van der Waals surface area contributed by atoms with Gasteiger partial charge in [0.25, 0.3) is 5.91 Å². The fraction of sp³-hybridized carbons (Fsp3) is 0.200. The molecule has 0 aliphatic rings. The topological polar surface area (TPSA) is 83.2 Å². The molecule has 0 aliphatic carbocycles. The monoisotopic (exact) mass is 369 g/mol. The molecule has 0 saturated carbocycles. The molecule has 2 aromatic carbocycles. The number of aromatic amines is 1. The molecule has 0 bridgehead atoms. The van der Waals surface area contributed by atoms with Crippen molar-refractivity contribution < 1.29 is 18.7 Å². The molecule has 27 heavy (non-hydrogen) atoms. The van der Waals surface area contributed by atoms with Crippen molar-refractivity contribution in [2.45, 2.75) is 13.8 Å². The Morgan fingerprint density at radius 1 is 1.07 bits per heavy atom. The lowest BCUT2D eigenvalue weighted by Crippen LogP contribution is -2.17. The highest BCUT2D eigenvalue weighted by molar-refractivity contribution is 6.06. The van der Waals surface area contributed by atoms with Crippen molar-refractivity contribution in [2.24, 2.45) is 5.92 Å². The quantitative estimate of drug-likeness (QED) is 0.606. The van der Waals surface area contributed by atoms with Crippen LogP contribution in [0, 0.1) is 11.7 Å². The Balaban J connectivity index is 1.68. The smallest absolute Gasteiger partial charge is 0.411 e. The molecule has 1 heterocycles. The fourth-order valence-electron chi connectivity index (χ4n) is 2.51. The normalized spacial score (nSPS) is 10.8. The lowest BCUT2D eigenvalue weighted by Gasteiger charge is -2.10. The number of amides is 2. The summed E-state index contributed by atoms with van der Waals surface area (Å²) in [6, 6.07) is 12.7. The van der Waals surface area contributed by atoms with E-state index in [1.54, 1.807) is 36.4 Å². The van der Waals surface area contributed by atoms with E-state index >= 15 is 0 Å². The van der Waals surface area contributed by atoms with Crippen molar-refractivity contribution in [2.75, 3.05) is 17.2 Å². The Labute approximate surface area is 155 Å². The van der Waals surface area contributed by atoms with E-state index in [-0.39, 0.29) is 11.6 Å². The van der Waals surface area contributed by atoms with Gasteiger partial charge in [0.15, 0.2) is 0 Å². The van der Waals surface area contributed by atoms with Crippen LogP contribution >= 0.6 is 0 Å². The maximum absolute atomic E-state index is 13.8. The number of carbonyl (C=O) groups excluding carboxylic acids is 2. The number of anilines is 2. The van der Waals surface area contributed by atoms with Crippen LogP contribution in [0.2, 0.25) is 0 Å². The zero-order valence-electron chi connectivity index (χ0n) is 15.0. The molecule has 0 unspecified atom stereocenters. The zero-order chi connectivity index (χ0) is 19.4. The highest BCUT2D eigenvalue weighted by Crippen LogP contribution is 2.20. The van der Waals surface area contributed by atoms with Crippen LogP contribution in [-0.2, 0) is 4.74 Å². The molecule has 7 heteroatoms. The number of H-pyrrole nitrogens is 1. The number of hydrogen-bond acceptors (Lipinski definition) is 3. The molecule has 0 spiro atoms. The average Bonchev–Trinajstić information content (AvgIpc) is 3.06. The fourth-order valence-corrected chi connectivity index (χ4v) is 2.51.